The van der Waals surface area contributed by atoms with Gasteiger partial charge in [0.15, 0.2) is 6.61 Å². The van der Waals surface area contributed by atoms with E-state index in [0.717, 1.165) is 25.2 Å². The highest BCUT2D eigenvalue weighted by Gasteiger charge is 2.05. The summed E-state index contributed by atoms with van der Waals surface area (Å²) in [7, 11) is 0. The lowest BCUT2D eigenvalue weighted by Gasteiger charge is -2.18. The summed E-state index contributed by atoms with van der Waals surface area (Å²) in [5.41, 5.74) is 2.29. The number of benzene rings is 2. The summed E-state index contributed by atoms with van der Waals surface area (Å²) in [6.07, 6.45) is 0. The van der Waals surface area contributed by atoms with Crippen LogP contribution >= 0.6 is 0 Å². The van der Waals surface area contributed by atoms with E-state index in [-0.39, 0.29) is 18.3 Å². The Hall–Kier alpha value is -2.40. The number of ether oxygens (including phenoxy) is 1. The van der Waals surface area contributed by atoms with Gasteiger partial charge in [-0.2, -0.15) is 0 Å². The predicted molar refractivity (Wildman–Crippen MR) is 96.8 cm³/mol. The van der Waals surface area contributed by atoms with Gasteiger partial charge in [-0.05, 0) is 36.3 Å². The van der Waals surface area contributed by atoms with Gasteiger partial charge in [-0.15, -0.1) is 0 Å². The van der Waals surface area contributed by atoms with Crippen molar-refractivity contribution in [2.24, 2.45) is 0 Å². The van der Waals surface area contributed by atoms with E-state index in [2.05, 4.69) is 36.2 Å². The zero-order valence-corrected chi connectivity index (χ0v) is 14.8. The Balaban J connectivity index is 1.75. The fourth-order valence-corrected chi connectivity index (χ4v) is 2.43. The second kappa shape index (κ2) is 9.79. The van der Waals surface area contributed by atoms with E-state index in [0.29, 0.717) is 12.3 Å². The molecule has 0 saturated heterocycles. The lowest BCUT2D eigenvalue weighted by Crippen LogP contribution is -2.28. The largest absolute Gasteiger partial charge is 0.484 e. The molecule has 1 amide bonds. The summed E-state index contributed by atoms with van der Waals surface area (Å²) >= 11 is 0. The van der Waals surface area contributed by atoms with Crippen molar-refractivity contribution >= 4 is 5.91 Å². The molecular weight excluding hydrogens is 319 g/mol. The van der Waals surface area contributed by atoms with Crippen LogP contribution in [0.2, 0.25) is 0 Å². The Morgan fingerprint density at radius 1 is 1.08 bits per heavy atom. The maximum Gasteiger partial charge on any atom is 0.258 e. The molecule has 4 nitrogen and oxygen atoms in total. The summed E-state index contributed by atoms with van der Waals surface area (Å²) in [6.45, 7) is 7.60. The van der Waals surface area contributed by atoms with Gasteiger partial charge in [-0.1, -0.05) is 44.2 Å². The first kappa shape index (κ1) is 18.9. The number of amides is 1. The third kappa shape index (κ3) is 6.55. The van der Waals surface area contributed by atoms with Gasteiger partial charge in [0.2, 0.25) is 0 Å². The molecule has 0 aromatic heterocycles. The van der Waals surface area contributed by atoms with Gasteiger partial charge in [0.1, 0.15) is 11.6 Å². The van der Waals surface area contributed by atoms with E-state index in [1.54, 1.807) is 12.1 Å². The Kier molecular flexibility index (Phi) is 7.41. The molecule has 5 heteroatoms. The molecular formula is C20H25FN2O2. The molecule has 0 heterocycles. The zero-order chi connectivity index (χ0) is 18.1. The first-order valence-corrected chi connectivity index (χ1v) is 8.56. The van der Waals surface area contributed by atoms with E-state index in [9.17, 15) is 9.18 Å². The molecule has 1 N–H and O–H groups in total. The van der Waals surface area contributed by atoms with E-state index in [4.69, 9.17) is 4.74 Å². The van der Waals surface area contributed by atoms with Gasteiger partial charge in [0.05, 0.1) is 0 Å². The number of nitrogens with zero attached hydrogens (tertiary/aromatic N) is 1. The molecule has 25 heavy (non-hydrogen) atoms. The highest BCUT2D eigenvalue weighted by atomic mass is 19.1. The van der Waals surface area contributed by atoms with Crippen LogP contribution in [0.4, 0.5) is 4.39 Å². The van der Waals surface area contributed by atoms with E-state index in [1.165, 1.54) is 17.7 Å². The van der Waals surface area contributed by atoms with Crippen molar-refractivity contribution in [1.29, 1.82) is 0 Å². The SMILES string of the molecule is CCN(CC)Cc1ccc(CNC(=O)COc2cccc(F)c2)cc1. The van der Waals surface area contributed by atoms with Crippen LogP contribution in [0.15, 0.2) is 48.5 Å². The third-order valence-corrected chi connectivity index (χ3v) is 3.98. The normalized spacial score (nSPS) is 10.7. The second-order valence-corrected chi connectivity index (χ2v) is 5.80. The van der Waals surface area contributed by atoms with Crippen LogP contribution in [-0.4, -0.2) is 30.5 Å². The minimum atomic E-state index is -0.386. The standard InChI is InChI=1S/C20H25FN2O2/c1-3-23(4-2)14-17-10-8-16(9-11-17)13-22-20(24)15-25-19-7-5-6-18(21)12-19/h5-12H,3-4,13-15H2,1-2H3,(H,22,24). The molecule has 2 aromatic rings. The highest BCUT2D eigenvalue weighted by Crippen LogP contribution is 2.11. The number of hydrogen-bond acceptors (Lipinski definition) is 3. The molecule has 0 radical (unpaired) electrons. The maximum atomic E-state index is 13.0. The average Bonchev–Trinajstić information content (AvgIpc) is 2.63. The smallest absolute Gasteiger partial charge is 0.258 e. The van der Waals surface area contributed by atoms with E-state index >= 15 is 0 Å². The summed E-state index contributed by atoms with van der Waals surface area (Å²) < 4.78 is 18.3. The Morgan fingerprint density at radius 2 is 1.76 bits per heavy atom. The molecule has 0 saturated carbocycles. The number of rotatable bonds is 9. The molecule has 0 bridgehead atoms. The Bertz CT molecular complexity index is 670. The molecule has 0 atom stereocenters. The number of nitrogens with one attached hydrogen (secondary N) is 1. The molecule has 0 unspecified atom stereocenters. The van der Waals surface area contributed by atoms with Crippen molar-refractivity contribution in [3.05, 3.63) is 65.5 Å². The minimum Gasteiger partial charge on any atom is -0.484 e. The monoisotopic (exact) mass is 344 g/mol. The summed E-state index contributed by atoms with van der Waals surface area (Å²) in [5.74, 6) is -0.282. The molecule has 0 fully saturated rings. The average molecular weight is 344 g/mol. The third-order valence-electron chi connectivity index (χ3n) is 3.98. The molecule has 0 spiro atoms. The van der Waals surface area contributed by atoms with Crippen LogP contribution in [0.1, 0.15) is 25.0 Å². The Morgan fingerprint density at radius 3 is 2.40 bits per heavy atom. The van der Waals surface area contributed by atoms with Gasteiger partial charge < -0.3 is 10.1 Å². The first-order chi connectivity index (χ1) is 12.1. The summed E-state index contributed by atoms with van der Waals surface area (Å²) in [5, 5.41) is 2.80. The van der Waals surface area contributed by atoms with Gasteiger partial charge in [0.25, 0.3) is 5.91 Å². The maximum absolute atomic E-state index is 13.0. The van der Waals surface area contributed by atoms with Crippen molar-refractivity contribution in [3.8, 4) is 5.75 Å². The van der Waals surface area contributed by atoms with Gasteiger partial charge in [0, 0.05) is 19.2 Å². The van der Waals surface area contributed by atoms with Crippen LogP contribution in [0.3, 0.4) is 0 Å². The van der Waals surface area contributed by atoms with Crippen LogP contribution in [0.5, 0.6) is 5.75 Å². The fourth-order valence-electron chi connectivity index (χ4n) is 2.43. The Labute approximate surface area is 148 Å². The number of carbonyl (C=O) groups excluding carboxylic acids is 1. The summed E-state index contributed by atoms with van der Waals surface area (Å²) in [6, 6.07) is 14.0. The number of carbonyl (C=O) groups is 1. The van der Waals surface area contributed by atoms with Crippen molar-refractivity contribution in [2.75, 3.05) is 19.7 Å². The van der Waals surface area contributed by atoms with Crippen LogP contribution in [0, 0.1) is 5.82 Å². The predicted octanol–water partition coefficient (Wildman–Crippen LogP) is 3.36. The molecule has 0 aliphatic carbocycles. The molecule has 2 rings (SSSR count). The minimum absolute atomic E-state index is 0.135. The molecule has 0 aliphatic rings. The number of halogens is 1. The van der Waals surface area contributed by atoms with E-state index < -0.39 is 0 Å². The van der Waals surface area contributed by atoms with Gasteiger partial charge in [-0.25, -0.2) is 4.39 Å². The molecule has 2 aromatic carbocycles. The summed E-state index contributed by atoms with van der Waals surface area (Å²) in [4.78, 5) is 14.2. The van der Waals surface area contributed by atoms with Crippen LogP contribution in [-0.2, 0) is 17.9 Å². The highest BCUT2D eigenvalue weighted by molar-refractivity contribution is 5.77. The van der Waals surface area contributed by atoms with Crippen LogP contribution in [0.25, 0.3) is 0 Å². The lowest BCUT2D eigenvalue weighted by molar-refractivity contribution is -0.123. The fraction of sp³-hybridized carbons (Fsp3) is 0.350. The van der Waals surface area contributed by atoms with Gasteiger partial charge >= 0.3 is 0 Å². The zero-order valence-electron chi connectivity index (χ0n) is 14.8. The second-order valence-electron chi connectivity index (χ2n) is 5.80. The lowest BCUT2D eigenvalue weighted by atomic mass is 10.1. The van der Waals surface area contributed by atoms with Crippen molar-refractivity contribution in [3.63, 3.8) is 0 Å². The topological polar surface area (TPSA) is 41.6 Å². The number of hydrogen-bond donors (Lipinski definition) is 1. The molecule has 134 valence electrons. The van der Waals surface area contributed by atoms with E-state index in [1.807, 2.05) is 12.1 Å². The quantitative estimate of drug-likeness (QED) is 0.758. The first-order valence-electron chi connectivity index (χ1n) is 8.56. The molecule has 0 aliphatic heterocycles. The van der Waals surface area contributed by atoms with Crippen molar-refractivity contribution in [1.82, 2.24) is 10.2 Å². The van der Waals surface area contributed by atoms with Crippen molar-refractivity contribution in [2.45, 2.75) is 26.9 Å². The van der Waals surface area contributed by atoms with Gasteiger partial charge in [-0.3, -0.25) is 9.69 Å². The van der Waals surface area contributed by atoms with Crippen molar-refractivity contribution < 1.29 is 13.9 Å². The van der Waals surface area contributed by atoms with Crippen LogP contribution < -0.4 is 10.1 Å².